The van der Waals surface area contributed by atoms with Crippen LogP contribution in [-0.2, 0) is 12.1 Å². The van der Waals surface area contributed by atoms with Gasteiger partial charge in [-0.25, -0.2) is 4.68 Å². The van der Waals surface area contributed by atoms with E-state index in [2.05, 4.69) is 29.7 Å². The molecule has 1 aromatic heterocycles. The maximum Gasteiger partial charge on any atom is 0.118 e. The molecular formula is C21H27N3O2. The van der Waals surface area contributed by atoms with Crippen LogP contribution in [0.25, 0.3) is 6.20 Å². The van der Waals surface area contributed by atoms with Crippen LogP contribution in [0.2, 0.25) is 0 Å². The minimum absolute atomic E-state index is 0.410. The standard InChI is InChI=1S/C21H27N3O2/c1-4-23-13-16(15(2)22-23)14-24-18-7-8-19(24)12-21(25,11-18)17-5-9-20(26-3)10-6-17/h4-6,9-10,13,18-19,25H,1,7-8,11-12,14H2,2-3H3. The molecule has 0 saturated carbocycles. The number of hydrogen-bond donors (Lipinski definition) is 1. The number of piperidine rings is 1. The Morgan fingerprint density at radius 3 is 2.46 bits per heavy atom. The van der Waals surface area contributed by atoms with Gasteiger partial charge in [-0.15, -0.1) is 0 Å². The van der Waals surface area contributed by atoms with E-state index < -0.39 is 5.60 Å². The molecule has 0 amide bonds. The molecule has 1 N–H and O–H groups in total. The fourth-order valence-corrected chi connectivity index (χ4v) is 4.68. The van der Waals surface area contributed by atoms with Crippen molar-refractivity contribution in [3.8, 4) is 5.75 Å². The first-order chi connectivity index (χ1) is 12.5. The number of aromatic nitrogens is 2. The van der Waals surface area contributed by atoms with Crippen molar-refractivity contribution in [1.82, 2.24) is 14.7 Å². The van der Waals surface area contributed by atoms with E-state index >= 15 is 0 Å². The van der Waals surface area contributed by atoms with Gasteiger partial charge in [-0.2, -0.15) is 5.10 Å². The van der Waals surface area contributed by atoms with Crippen molar-refractivity contribution >= 4 is 6.20 Å². The van der Waals surface area contributed by atoms with Crippen LogP contribution >= 0.6 is 0 Å². The Morgan fingerprint density at radius 1 is 1.27 bits per heavy atom. The van der Waals surface area contributed by atoms with Gasteiger partial charge in [0, 0.05) is 36.6 Å². The van der Waals surface area contributed by atoms with Gasteiger partial charge in [-0.1, -0.05) is 18.7 Å². The summed E-state index contributed by atoms with van der Waals surface area (Å²) in [6.45, 7) is 6.73. The minimum atomic E-state index is -0.741. The zero-order valence-corrected chi connectivity index (χ0v) is 15.6. The smallest absolute Gasteiger partial charge is 0.118 e. The number of rotatable bonds is 5. The summed E-state index contributed by atoms with van der Waals surface area (Å²) in [6, 6.07) is 8.71. The molecule has 5 nitrogen and oxygen atoms in total. The molecule has 2 aliphatic heterocycles. The van der Waals surface area contributed by atoms with Gasteiger partial charge in [0.05, 0.1) is 18.4 Å². The number of ether oxygens (including phenoxy) is 1. The van der Waals surface area contributed by atoms with E-state index in [-0.39, 0.29) is 0 Å². The average molecular weight is 353 g/mol. The second-order valence-electron chi connectivity index (χ2n) is 7.63. The molecule has 26 heavy (non-hydrogen) atoms. The summed E-state index contributed by atoms with van der Waals surface area (Å²) in [5.74, 6) is 0.826. The SMILES string of the molecule is C=Cn1cc(CN2C3CCC2CC(O)(c2ccc(OC)cc2)C3)c(C)n1. The highest BCUT2D eigenvalue weighted by Crippen LogP contribution is 2.46. The molecule has 138 valence electrons. The number of fused-ring (bicyclic) bond motifs is 2. The number of aryl methyl sites for hydroxylation is 1. The second kappa shape index (κ2) is 6.56. The lowest BCUT2D eigenvalue weighted by atomic mass is 9.80. The van der Waals surface area contributed by atoms with E-state index in [0.29, 0.717) is 12.1 Å². The Labute approximate surface area is 154 Å². The number of benzene rings is 1. The highest BCUT2D eigenvalue weighted by atomic mass is 16.5. The molecule has 0 aliphatic carbocycles. The largest absolute Gasteiger partial charge is 0.497 e. The van der Waals surface area contributed by atoms with Gasteiger partial charge in [0.1, 0.15) is 5.75 Å². The highest BCUT2D eigenvalue weighted by molar-refractivity contribution is 5.32. The Morgan fingerprint density at radius 2 is 1.92 bits per heavy atom. The van der Waals surface area contributed by atoms with Crippen LogP contribution in [0.1, 0.15) is 42.5 Å². The van der Waals surface area contributed by atoms with Gasteiger partial charge >= 0.3 is 0 Å². The van der Waals surface area contributed by atoms with Crippen LogP contribution in [0.15, 0.2) is 37.0 Å². The first-order valence-corrected chi connectivity index (χ1v) is 9.32. The number of hydrogen-bond acceptors (Lipinski definition) is 4. The Kier molecular flexibility index (Phi) is 4.37. The average Bonchev–Trinajstić information content (AvgIpc) is 3.12. The molecule has 2 fully saturated rings. The summed E-state index contributed by atoms with van der Waals surface area (Å²) in [7, 11) is 1.67. The summed E-state index contributed by atoms with van der Waals surface area (Å²) in [5, 5.41) is 15.8. The monoisotopic (exact) mass is 353 g/mol. The first-order valence-electron chi connectivity index (χ1n) is 9.32. The van der Waals surface area contributed by atoms with Crippen molar-refractivity contribution in [2.75, 3.05) is 7.11 Å². The number of aliphatic hydroxyl groups is 1. The summed E-state index contributed by atoms with van der Waals surface area (Å²) in [6.07, 6.45) is 7.65. The lowest BCUT2D eigenvalue weighted by Crippen LogP contribution is -2.49. The summed E-state index contributed by atoms with van der Waals surface area (Å²) >= 11 is 0. The van der Waals surface area contributed by atoms with Crippen molar-refractivity contribution in [2.24, 2.45) is 0 Å². The zero-order chi connectivity index (χ0) is 18.3. The van der Waals surface area contributed by atoms with Crippen molar-refractivity contribution in [3.63, 3.8) is 0 Å². The molecule has 4 rings (SSSR count). The number of methoxy groups -OCH3 is 1. The van der Waals surface area contributed by atoms with Gasteiger partial charge in [-0.3, -0.25) is 4.90 Å². The Hall–Kier alpha value is -2.11. The maximum absolute atomic E-state index is 11.4. The van der Waals surface area contributed by atoms with E-state index in [0.717, 1.165) is 49.2 Å². The molecule has 0 radical (unpaired) electrons. The predicted molar refractivity (Wildman–Crippen MR) is 102 cm³/mol. The van der Waals surface area contributed by atoms with Crippen LogP contribution in [0, 0.1) is 6.92 Å². The Balaban J connectivity index is 1.53. The molecule has 2 aromatic rings. The summed E-state index contributed by atoms with van der Waals surface area (Å²) < 4.78 is 7.03. The van der Waals surface area contributed by atoms with Crippen LogP contribution in [0.3, 0.4) is 0 Å². The minimum Gasteiger partial charge on any atom is -0.497 e. The summed E-state index contributed by atoms with van der Waals surface area (Å²) in [5.41, 5.74) is 2.57. The topological polar surface area (TPSA) is 50.5 Å². The lowest BCUT2D eigenvalue weighted by molar-refractivity contribution is -0.0595. The normalized spacial score (nSPS) is 28.3. The first kappa shape index (κ1) is 17.3. The fraction of sp³-hybridized carbons (Fsp3) is 0.476. The van der Waals surface area contributed by atoms with E-state index in [1.165, 1.54) is 5.56 Å². The van der Waals surface area contributed by atoms with E-state index in [1.54, 1.807) is 18.0 Å². The van der Waals surface area contributed by atoms with Crippen molar-refractivity contribution in [1.29, 1.82) is 0 Å². The fourth-order valence-electron chi connectivity index (χ4n) is 4.68. The predicted octanol–water partition coefficient (Wildman–Crippen LogP) is 3.32. The van der Waals surface area contributed by atoms with Crippen LogP contribution < -0.4 is 4.74 Å². The van der Waals surface area contributed by atoms with Gasteiger partial charge in [0.25, 0.3) is 0 Å². The molecule has 2 aliphatic rings. The van der Waals surface area contributed by atoms with Gasteiger partial charge in [-0.05, 0) is 50.3 Å². The van der Waals surface area contributed by atoms with E-state index in [4.69, 9.17) is 4.74 Å². The molecule has 2 bridgehead atoms. The van der Waals surface area contributed by atoms with E-state index in [1.807, 2.05) is 24.3 Å². The molecular weight excluding hydrogens is 326 g/mol. The molecule has 2 unspecified atom stereocenters. The quantitative estimate of drug-likeness (QED) is 0.896. The van der Waals surface area contributed by atoms with Crippen molar-refractivity contribution in [2.45, 2.75) is 56.8 Å². The maximum atomic E-state index is 11.4. The molecule has 1 aromatic carbocycles. The third kappa shape index (κ3) is 2.95. The zero-order valence-electron chi connectivity index (χ0n) is 15.6. The van der Waals surface area contributed by atoms with E-state index in [9.17, 15) is 5.11 Å². The van der Waals surface area contributed by atoms with Crippen LogP contribution in [0.4, 0.5) is 0 Å². The third-order valence-electron chi connectivity index (χ3n) is 6.10. The molecule has 2 atom stereocenters. The second-order valence-corrected chi connectivity index (χ2v) is 7.63. The molecule has 2 saturated heterocycles. The Bertz CT molecular complexity index is 782. The summed E-state index contributed by atoms with van der Waals surface area (Å²) in [4.78, 5) is 2.56. The van der Waals surface area contributed by atoms with Gasteiger partial charge in [0.2, 0.25) is 0 Å². The van der Waals surface area contributed by atoms with Crippen molar-refractivity contribution < 1.29 is 9.84 Å². The third-order valence-corrected chi connectivity index (χ3v) is 6.10. The molecule has 5 heteroatoms. The van der Waals surface area contributed by atoms with Gasteiger partial charge < -0.3 is 9.84 Å². The van der Waals surface area contributed by atoms with Gasteiger partial charge in [0.15, 0.2) is 0 Å². The molecule has 3 heterocycles. The lowest BCUT2D eigenvalue weighted by Gasteiger charge is -2.44. The van der Waals surface area contributed by atoms with Crippen molar-refractivity contribution in [3.05, 3.63) is 53.9 Å². The highest BCUT2D eigenvalue weighted by Gasteiger charge is 2.48. The molecule has 0 spiro atoms. The number of nitrogens with zero attached hydrogens (tertiary/aromatic N) is 3. The van der Waals surface area contributed by atoms with Crippen LogP contribution in [0.5, 0.6) is 5.75 Å². The van der Waals surface area contributed by atoms with Crippen LogP contribution in [-0.4, -0.2) is 39.0 Å².